The Balaban J connectivity index is 1.84. The molecule has 3 rings (SSSR count). The topological polar surface area (TPSA) is 48.7 Å². The van der Waals surface area contributed by atoms with E-state index in [1.54, 1.807) is 24.4 Å². The molecular weight excluding hydrogens is 373 g/mol. The summed E-state index contributed by atoms with van der Waals surface area (Å²) in [5.74, 6) is 0. The maximum Gasteiger partial charge on any atom is 0.136 e. The molecule has 25 heavy (non-hydrogen) atoms. The van der Waals surface area contributed by atoms with E-state index in [4.69, 9.17) is 23.2 Å². The van der Waals surface area contributed by atoms with Crippen LogP contribution < -0.4 is 5.32 Å². The van der Waals surface area contributed by atoms with Crippen LogP contribution in [0.25, 0.3) is 16.8 Å². The van der Waals surface area contributed by atoms with Gasteiger partial charge in [0.05, 0.1) is 16.4 Å². The summed E-state index contributed by atoms with van der Waals surface area (Å²) < 4.78 is 0. The molecule has 0 spiro atoms. The zero-order chi connectivity index (χ0) is 17.8. The molecule has 0 bridgehead atoms. The number of nitriles is 1. The molecule has 0 atom stereocenters. The highest BCUT2D eigenvalue weighted by molar-refractivity contribution is 7.11. The molecule has 0 amide bonds. The van der Waals surface area contributed by atoms with E-state index in [2.05, 4.69) is 16.4 Å². The van der Waals surface area contributed by atoms with Crippen LogP contribution in [0.3, 0.4) is 0 Å². The summed E-state index contributed by atoms with van der Waals surface area (Å²) in [4.78, 5) is 4.56. The van der Waals surface area contributed by atoms with Gasteiger partial charge in [-0.2, -0.15) is 5.26 Å². The molecule has 0 saturated heterocycles. The van der Waals surface area contributed by atoms with E-state index in [1.165, 1.54) is 16.9 Å². The molecule has 0 fully saturated rings. The molecular formula is C19H13Cl2N3S. The van der Waals surface area contributed by atoms with Crippen LogP contribution in [0.15, 0.2) is 54.0 Å². The number of anilines is 1. The largest absolute Gasteiger partial charge is 0.359 e. The number of hydrogen-bond donors (Lipinski definition) is 1. The first kappa shape index (κ1) is 17.5. The van der Waals surface area contributed by atoms with Crippen molar-refractivity contribution in [2.75, 3.05) is 5.32 Å². The Kier molecular flexibility index (Phi) is 5.40. The molecule has 124 valence electrons. The Labute approximate surface area is 160 Å². The minimum atomic E-state index is 0.439. The fourth-order valence-corrected chi connectivity index (χ4v) is 3.41. The number of aryl methyl sites for hydroxylation is 1. The van der Waals surface area contributed by atoms with E-state index >= 15 is 0 Å². The van der Waals surface area contributed by atoms with Gasteiger partial charge < -0.3 is 5.32 Å². The van der Waals surface area contributed by atoms with E-state index in [-0.39, 0.29) is 0 Å². The molecule has 1 aromatic heterocycles. The maximum absolute atomic E-state index is 9.44. The lowest BCUT2D eigenvalue weighted by Crippen LogP contribution is -1.92. The van der Waals surface area contributed by atoms with Crippen molar-refractivity contribution in [2.45, 2.75) is 6.92 Å². The number of allylic oxidation sites excluding steroid dienone is 1. The summed E-state index contributed by atoms with van der Waals surface area (Å²) in [6, 6.07) is 15.4. The summed E-state index contributed by atoms with van der Waals surface area (Å²) in [7, 11) is 0. The first-order valence-corrected chi connectivity index (χ1v) is 9.05. The first-order chi connectivity index (χ1) is 12.1. The van der Waals surface area contributed by atoms with E-state index in [1.807, 2.05) is 36.6 Å². The number of nitrogens with zero attached hydrogens (tertiary/aromatic N) is 2. The number of thiazole rings is 1. The van der Waals surface area contributed by atoms with Crippen LogP contribution in [-0.2, 0) is 0 Å². The second kappa shape index (κ2) is 7.71. The quantitative estimate of drug-likeness (QED) is 0.528. The average molecular weight is 386 g/mol. The molecule has 1 N–H and O–H groups in total. The van der Waals surface area contributed by atoms with Crippen LogP contribution in [0.5, 0.6) is 0 Å². The van der Waals surface area contributed by atoms with Crippen molar-refractivity contribution in [3.63, 3.8) is 0 Å². The van der Waals surface area contributed by atoms with Gasteiger partial charge in [-0.3, -0.25) is 0 Å². The lowest BCUT2D eigenvalue weighted by Gasteiger charge is -2.04. The van der Waals surface area contributed by atoms with Crippen LogP contribution in [0.1, 0.15) is 10.6 Å². The van der Waals surface area contributed by atoms with Crippen molar-refractivity contribution in [3.8, 4) is 17.3 Å². The van der Waals surface area contributed by atoms with Gasteiger partial charge in [-0.25, -0.2) is 4.98 Å². The second-order valence-electron chi connectivity index (χ2n) is 5.34. The predicted octanol–water partition coefficient (Wildman–Crippen LogP) is 6.40. The van der Waals surface area contributed by atoms with Gasteiger partial charge in [-0.1, -0.05) is 53.0 Å². The van der Waals surface area contributed by atoms with Crippen molar-refractivity contribution in [3.05, 3.63) is 74.7 Å². The number of nitrogens with one attached hydrogen (secondary N) is 1. The van der Waals surface area contributed by atoms with Crippen LogP contribution in [0, 0.1) is 18.3 Å². The number of aromatic nitrogens is 1. The highest BCUT2D eigenvalue weighted by atomic mass is 35.5. The van der Waals surface area contributed by atoms with Crippen LogP contribution in [-0.4, -0.2) is 4.98 Å². The number of halogens is 2. The molecule has 0 unspecified atom stereocenters. The van der Waals surface area contributed by atoms with Gasteiger partial charge >= 0.3 is 0 Å². The minimum Gasteiger partial charge on any atom is -0.359 e. The zero-order valence-electron chi connectivity index (χ0n) is 13.3. The number of rotatable bonds is 4. The van der Waals surface area contributed by atoms with Gasteiger partial charge in [0.1, 0.15) is 16.6 Å². The third-order valence-corrected chi connectivity index (χ3v) is 4.93. The van der Waals surface area contributed by atoms with Crippen LogP contribution in [0.4, 0.5) is 5.69 Å². The fourth-order valence-electron chi connectivity index (χ4n) is 2.15. The molecule has 6 heteroatoms. The van der Waals surface area contributed by atoms with E-state index < -0.39 is 0 Å². The SMILES string of the molecule is Cc1ccc(-c2csc(/C(C#N)=C/Nc3ccc(Cl)cc3Cl)n2)cc1. The van der Waals surface area contributed by atoms with Crippen molar-refractivity contribution < 1.29 is 0 Å². The second-order valence-corrected chi connectivity index (χ2v) is 7.04. The van der Waals surface area contributed by atoms with Gasteiger partial charge in [0.2, 0.25) is 0 Å². The lowest BCUT2D eigenvalue weighted by molar-refractivity contribution is 1.36. The first-order valence-electron chi connectivity index (χ1n) is 7.41. The molecule has 2 aromatic carbocycles. The van der Waals surface area contributed by atoms with E-state index in [0.29, 0.717) is 26.3 Å². The Morgan fingerprint density at radius 2 is 1.96 bits per heavy atom. The molecule has 3 nitrogen and oxygen atoms in total. The van der Waals surface area contributed by atoms with Crippen molar-refractivity contribution >= 4 is 45.8 Å². The summed E-state index contributed by atoms with van der Waals surface area (Å²) in [5, 5.41) is 16.1. The zero-order valence-corrected chi connectivity index (χ0v) is 15.6. The maximum atomic E-state index is 9.44. The molecule has 0 aliphatic heterocycles. The Bertz CT molecular complexity index is 969. The van der Waals surface area contributed by atoms with Gasteiger partial charge in [-0.15, -0.1) is 11.3 Å². The Morgan fingerprint density at radius 3 is 2.64 bits per heavy atom. The Morgan fingerprint density at radius 1 is 1.20 bits per heavy atom. The molecule has 0 saturated carbocycles. The fraction of sp³-hybridized carbons (Fsp3) is 0.0526. The minimum absolute atomic E-state index is 0.439. The highest BCUT2D eigenvalue weighted by Gasteiger charge is 2.09. The monoisotopic (exact) mass is 385 g/mol. The lowest BCUT2D eigenvalue weighted by atomic mass is 10.1. The van der Waals surface area contributed by atoms with Gasteiger partial charge in [0, 0.05) is 22.2 Å². The number of benzene rings is 2. The summed E-state index contributed by atoms with van der Waals surface area (Å²) in [5.41, 5.74) is 4.19. The van der Waals surface area contributed by atoms with Crippen molar-refractivity contribution in [1.29, 1.82) is 5.26 Å². The standard InChI is InChI=1S/C19H13Cl2N3S/c1-12-2-4-13(5-3-12)18-11-25-19(24-18)14(9-22)10-23-17-7-6-15(20)8-16(17)21/h2-8,10-11,23H,1H3/b14-10+. The molecule has 0 aliphatic carbocycles. The van der Waals surface area contributed by atoms with E-state index in [0.717, 1.165) is 11.3 Å². The van der Waals surface area contributed by atoms with Crippen molar-refractivity contribution in [1.82, 2.24) is 4.98 Å². The summed E-state index contributed by atoms with van der Waals surface area (Å²) in [6.07, 6.45) is 1.60. The van der Waals surface area contributed by atoms with Gasteiger partial charge in [0.15, 0.2) is 0 Å². The van der Waals surface area contributed by atoms with Gasteiger partial charge in [0.25, 0.3) is 0 Å². The van der Waals surface area contributed by atoms with Crippen LogP contribution >= 0.6 is 34.5 Å². The highest BCUT2D eigenvalue weighted by Crippen LogP contribution is 2.28. The molecule has 1 heterocycles. The normalized spacial score (nSPS) is 11.2. The molecule has 0 aliphatic rings. The third-order valence-electron chi connectivity index (χ3n) is 3.51. The smallest absolute Gasteiger partial charge is 0.136 e. The summed E-state index contributed by atoms with van der Waals surface area (Å²) in [6.45, 7) is 2.04. The summed E-state index contributed by atoms with van der Waals surface area (Å²) >= 11 is 13.4. The predicted molar refractivity (Wildman–Crippen MR) is 106 cm³/mol. The molecule has 3 aromatic rings. The van der Waals surface area contributed by atoms with Crippen molar-refractivity contribution in [2.24, 2.45) is 0 Å². The molecule has 0 radical (unpaired) electrons. The third kappa shape index (κ3) is 4.21. The van der Waals surface area contributed by atoms with Crippen LogP contribution in [0.2, 0.25) is 10.0 Å². The average Bonchev–Trinajstić information content (AvgIpc) is 3.07. The Hall–Kier alpha value is -2.32. The number of hydrogen-bond acceptors (Lipinski definition) is 4. The van der Waals surface area contributed by atoms with E-state index in [9.17, 15) is 5.26 Å². The van der Waals surface area contributed by atoms with Gasteiger partial charge in [-0.05, 0) is 25.1 Å².